The van der Waals surface area contributed by atoms with Crippen molar-refractivity contribution in [2.45, 2.75) is 104 Å². The zero-order valence-corrected chi connectivity index (χ0v) is 29.1. The lowest BCUT2D eigenvalue weighted by Gasteiger charge is -2.19. The summed E-state index contributed by atoms with van der Waals surface area (Å²) in [7, 11) is -2.47. The molecule has 0 aliphatic heterocycles. The molecule has 0 spiro atoms. The standard InChI is InChI=1S/C16H23NO3S.C12H14O3.C4H11NOS/c1-15(2,3)20-14(18)13-9-7-12(8-10-13)11-17-21(19)16(4,5)6;1-12(2,3)15-11(14)10-6-4-9(8-13)5-7-10;1-4(2,3)7(5)6/h7-11H,1-6H3;4-8H,1-3H3;5H2,1-3H3/t21-;;7-/m1.1/s1. The van der Waals surface area contributed by atoms with E-state index in [1.165, 1.54) is 0 Å². The van der Waals surface area contributed by atoms with E-state index in [-0.39, 0.29) is 21.4 Å². The van der Waals surface area contributed by atoms with E-state index in [0.29, 0.717) is 16.7 Å². The summed E-state index contributed by atoms with van der Waals surface area (Å²) in [4.78, 5) is 33.8. The van der Waals surface area contributed by atoms with E-state index in [1.54, 1.807) is 54.7 Å². The van der Waals surface area contributed by atoms with Gasteiger partial charge in [-0.25, -0.2) is 18.0 Å². The van der Waals surface area contributed by atoms with Gasteiger partial charge >= 0.3 is 11.9 Å². The largest absolute Gasteiger partial charge is 0.456 e. The number of nitrogens with zero attached hydrogens (tertiary/aromatic N) is 1. The van der Waals surface area contributed by atoms with Gasteiger partial charge in [0.25, 0.3) is 0 Å². The molecule has 2 rings (SSSR count). The molecule has 0 unspecified atom stereocenters. The number of hydrogen-bond acceptors (Lipinski definition) is 7. The van der Waals surface area contributed by atoms with E-state index in [2.05, 4.69) is 4.40 Å². The average molecular weight is 637 g/mol. The molecule has 240 valence electrons. The molecule has 0 aliphatic carbocycles. The first kappa shape index (κ1) is 40.0. The smallest absolute Gasteiger partial charge is 0.338 e. The van der Waals surface area contributed by atoms with Crippen LogP contribution in [0.3, 0.4) is 0 Å². The highest BCUT2D eigenvalue weighted by Crippen LogP contribution is 2.15. The van der Waals surface area contributed by atoms with Crippen molar-refractivity contribution in [1.82, 2.24) is 0 Å². The summed E-state index contributed by atoms with van der Waals surface area (Å²) in [6.45, 7) is 22.0. The molecule has 0 fully saturated rings. The molecule has 2 N–H and O–H groups in total. The fourth-order valence-electron chi connectivity index (χ4n) is 2.34. The zero-order valence-electron chi connectivity index (χ0n) is 27.5. The van der Waals surface area contributed by atoms with E-state index in [0.717, 1.165) is 11.8 Å². The quantitative estimate of drug-likeness (QED) is 0.228. The lowest BCUT2D eigenvalue weighted by atomic mass is 10.1. The van der Waals surface area contributed by atoms with Crippen LogP contribution in [0.4, 0.5) is 0 Å². The van der Waals surface area contributed by atoms with Gasteiger partial charge in [-0.15, -0.1) is 0 Å². The highest BCUT2D eigenvalue weighted by atomic mass is 32.2. The Labute approximate surface area is 262 Å². The first-order valence-electron chi connectivity index (χ1n) is 13.6. The molecule has 2 aromatic carbocycles. The Morgan fingerprint density at radius 2 is 0.977 bits per heavy atom. The third kappa shape index (κ3) is 18.3. The van der Waals surface area contributed by atoms with E-state index in [9.17, 15) is 22.8 Å². The van der Waals surface area contributed by atoms with Crippen LogP contribution < -0.4 is 5.14 Å². The van der Waals surface area contributed by atoms with Crippen LogP contribution >= 0.6 is 0 Å². The van der Waals surface area contributed by atoms with Gasteiger partial charge in [-0.2, -0.15) is 4.40 Å². The van der Waals surface area contributed by atoms with E-state index < -0.39 is 33.2 Å². The summed E-state index contributed by atoms with van der Waals surface area (Å²) in [6, 6.07) is 13.2. The second-order valence-corrected chi connectivity index (χ2v) is 17.1. The molecule has 0 saturated carbocycles. The van der Waals surface area contributed by atoms with E-state index in [4.69, 9.17) is 14.6 Å². The molecule has 11 heteroatoms. The predicted octanol–water partition coefficient (Wildman–Crippen LogP) is 6.38. The lowest BCUT2D eigenvalue weighted by molar-refractivity contribution is 0.00570. The highest BCUT2D eigenvalue weighted by molar-refractivity contribution is 7.85. The van der Waals surface area contributed by atoms with Gasteiger partial charge in [0.1, 0.15) is 28.5 Å². The monoisotopic (exact) mass is 636 g/mol. The minimum atomic E-state index is -1.29. The van der Waals surface area contributed by atoms with Crippen LogP contribution in [0.5, 0.6) is 0 Å². The van der Waals surface area contributed by atoms with Gasteiger partial charge in [0.2, 0.25) is 0 Å². The topological polar surface area (TPSA) is 142 Å². The van der Waals surface area contributed by atoms with Gasteiger partial charge in [0.15, 0.2) is 0 Å². The third-order valence-electron chi connectivity index (χ3n) is 4.65. The first-order chi connectivity index (χ1) is 19.4. The summed E-state index contributed by atoms with van der Waals surface area (Å²) < 4.78 is 36.0. The summed E-state index contributed by atoms with van der Waals surface area (Å²) in [5.74, 6) is -0.732. The van der Waals surface area contributed by atoms with Crippen LogP contribution in [0, 0.1) is 0 Å². The fraction of sp³-hybridized carbons (Fsp3) is 0.500. The minimum Gasteiger partial charge on any atom is -0.456 e. The lowest BCUT2D eigenvalue weighted by Crippen LogP contribution is -2.27. The second-order valence-electron chi connectivity index (χ2n) is 13.4. The molecule has 43 heavy (non-hydrogen) atoms. The Kier molecular flexibility index (Phi) is 15.6. The van der Waals surface area contributed by atoms with Crippen molar-refractivity contribution in [2.24, 2.45) is 9.54 Å². The fourth-order valence-corrected chi connectivity index (χ4v) is 2.88. The second kappa shape index (κ2) is 16.7. The number of carbonyl (C=O) groups is 3. The van der Waals surface area contributed by atoms with Crippen LogP contribution in [0.25, 0.3) is 0 Å². The molecule has 2 aromatic rings. The molecular weight excluding hydrogens is 588 g/mol. The van der Waals surface area contributed by atoms with Gasteiger partial charge in [0, 0.05) is 11.8 Å². The number of esters is 2. The number of rotatable bonds is 5. The van der Waals surface area contributed by atoms with Crippen molar-refractivity contribution in [3.8, 4) is 0 Å². The molecule has 0 heterocycles. The van der Waals surface area contributed by atoms with Gasteiger partial charge in [-0.05, 0) is 113 Å². The Balaban J connectivity index is 0.000000696. The summed E-state index contributed by atoms with van der Waals surface area (Å²) >= 11 is 0. The maximum absolute atomic E-state index is 11.9. The Morgan fingerprint density at radius 1 is 0.651 bits per heavy atom. The van der Waals surface area contributed by atoms with Crippen molar-refractivity contribution in [2.75, 3.05) is 0 Å². The molecule has 0 radical (unpaired) electrons. The zero-order chi connectivity index (χ0) is 33.8. The van der Waals surface area contributed by atoms with E-state index in [1.807, 2.05) is 83.1 Å². The van der Waals surface area contributed by atoms with Gasteiger partial charge < -0.3 is 9.47 Å². The normalized spacial score (nSPS) is 13.4. The minimum absolute atomic E-state index is 0.250. The molecule has 0 bridgehead atoms. The Bertz CT molecular complexity index is 1280. The molecule has 0 aliphatic rings. The Morgan fingerprint density at radius 3 is 1.23 bits per heavy atom. The molecule has 0 aromatic heterocycles. The van der Waals surface area contributed by atoms with Gasteiger partial charge in [0.05, 0.1) is 31.6 Å². The van der Waals surface area contributed by atoms with Crippen molar-refractivity contribution in [1.29, 1.82) is 0 Å². The first-order valence-corrected chi connectivity index (χ1v) is 15.9. The number of nitrogens with two attached hydrogens (primary N) is 1. The van der Waals surface area contributed by atoms with Gasteiger partial charge in [-0.1, -0.05) is 24.3 Å². The number of carbonyl (C=O) groups excluding carboxylic acids is 3. The van der Waals surface area contributed by atoms with Crippen molar-refractivity contribution >= 4 is 46.4 Å². The molecule has 0 amide bonds. The molecule has 9 nitrogen and oxygen atoms in total. The van der Waals surface area contributed by atoms with Crippen LogP contribution in [0.1, 0.15) is 120 Å². The number of benzene rings is 2. The van der Waals surface area contributed by atoms with Crippen LogP contribution in [0.2, 0.25) is 0 Å². The summed E-state index contributed by atoms with van der Waals surface area (Å²) in [5, 5.41) is 5.04. The van der Waals surface area contributed by atoms with Crippen molar-refractivity contribution < 1.29 is 32.3 Å². The molecule has 0 saturated heterocycles. The number of hydrogen-bond donors (Lipinski definition) is 1. The number of ether oxygens (including phenoxy) is 2. The van der Waals surface area contributed by atoms with Crippen LogP contribution in [0.15, 0.2) is 52.9 Å². The van der Waals surface area contributed by atoms with Crippen LogP contribution in [-0.2, 0) is 31.4 Å². The van der Waals surface area contributed by atoms with Crippen LogP contribution in [-0.4, -0.2) is 53.6 Å². The maximum Gasteiger partial charge on any atom is 0.338 e. The maximum atomic E-state index is 11.9. The predicted molar refractivity (Wildman–Crippen MR) is 176 cm³/mol. The summed E-state index contributed by atoms with van der Waals surface area (Å²) in [5.41, 5.74) is 1.26. The van der Waals surface area contributed by atoms with Crippen molar-refractivity contribution in [3.05, 3.63) is 70.8 Å². The number of aldehydes is 1. The molecule has 2 atom stereocenters. The summed E-state index contributed by atoms with van der Waals surface area (Å²) in [6.07, 6.45) is 2.29. The highest BCUT2D eigenvalue weighted by Gasteiger charge is 2.20. The van der Waals surface area contributed by atoms with Gasteiger partial charge in [-0.3, -0.25) is 9.93 Å². The Hall–Kier alpha value is -3.02. The van der Waals surface area contributed by atoms with Crippen molar-refractivity contribution in [3.63, 3.8) is 0 Å². The third-order valence-corrected chi connectivity index (χ3v) is 7.20. The molecular formula is C32H48N2O7S2. The van der Waals surface area contributed by atoms with E-state index >= 15 is 0 Å². The average Bonchev–Trinajstić information content (AvgIpc) is 2.85. The SMILES string of the molecule is CC(C)(C)OC(=O)c1ccc(C=N[S@](=O)C(C)(C)C)cc1.CC(C)(C)OC(=O)c1ccc(C=O)cc1.CC(C)(C)[S@](N)=O.